The van der Waals surface area contributed by atoms with Crippen LogP contribution in [-0.2, 0) is 0 Å². The van der Waals surface area contributed by atoms with Gasteiger partial charge in [-0.3, -0.25) is 0 Å². The van der Waals surface area contributed by atoms with Crippen LogP contribution in [0.1, 0.15) is 44.4 Å². The molecule has 0 heteroatoms. The summed E-state index contributed by atoms with van der Waals surface area (Å²) in [6.07, 6.45) is 15.2. The van der Waals surface area contributed by atoms with E-state index in [0.717, 1.165) is 0 Å². The van der Waals surface area contributed by atoms with Gasteiger partial charge in [-0.05, 0) is 54.5 Å². The number of hydrogen-bond donors (Lipinski definition) is 0. The summed E-state index contributed by atoms with van der Waals surface area (Å²) in [6.45, 7) is 10.9. The van der Waals surface area contributed by atoms with Gasteiger partial charge in [-0.1, -0.05) is 80.2 Å². The molecule has 0 N–H and O–H groups in total. The molecule has 22 heavy (non-hydrogen) atoms. The van der Waals surface area contributed by atoms with Crippen LogP contribution in [0.5, 0.6) is 0 Å². The van der Waals surface area contributed by atoms with E-state index in [0.29, 0.717) is 5.92 Å². The first-order valence-electron chi connectivity index (χ1n) is 8.04. The van der Waals surface area contributed by atoms with Crippen molar-refractivity contribution < 1.29 is 0 Å². The van der Waals surface area contributed by atoms with Gasteiger partial charge in [0.1, 0.15) is 0 Å². The van der Waals surface area contributed by atoms with Crippen LogP contribution >= 0.6 is 0 Å². The van der Waals surface area contributed by atoms with Crippen LogP contribution in [0, 0.1) is 12.8 Å². The molecule has 0 radical (unpaired) electrons. The molecule has 1 aromatic carbocycles. The van der Waals surface area contributed by atoms with E-state index in [-0.39, 0.29) is 0 Å². The van der Waals surface area contributed by atoms with E-state index in [1.165, 1.54) is 33.4 Å². The summed E-state index contributed by atoms with van der Waals surface area (Å²) >= 11 is 0. The minimum absolute atomic E-state index is 0.497. The lowest BCUT2D eigenvalue weighted by Gasteiger charge is -2.19. The fourth-order valence-corrected chi connectivity index (χ4v) is 2.84. The molecular weight excluding hydrogens is 264 g/mol. The van der Waals surface area contributed by atoms with Crippen LogP contribution in [0.2, 0.25) is 0 Å². The third kappa shape index (κ3) is 3.76. The predicted octanol–water partition coefficient (Wildman–Crippen LogP) is 6.51. The van der Waals surface area contributed by atoms with Gasteiger partial charge in [0, 0.05) is 0 Å². The van der Waals surface area contributed by atoms with E-state index in [4.69, 9.17) is 0 Å². The summed E-state index contributed by atoms with van der Waals surface area (Å²) in [7, 11) is 0. The molecular formula is C22H26. The first-order valence-corrected chi connectivity index (χ1v) is 8.04. The van der Waals surface area contributed by atoms with Gasteiger partial charge in [0.2, 0.25) is 0 Å². The Balaban J connectivity index is 2.58. The van der Waals surface area contributed by atoms with Gasteiger partial charge in [0.05, 0.1) is 0 Å². The van der Waals surface area contributed by atoms with Crippen LogP contribution in [0.25, 0.3) is 11.6 Å². The molecule has 0 heterocycles. The average Bonchev–Trinajstić information content (AvgIpc) is 2.43. The largest absolute Gasteiger partial charge is 0.0871 e. The Bertz CT molecular complexity index is 689. The molecule has 0 atom stereocenters. The van der Waals surface area contributed by atoms with Crippen LogP contribution in [0.4, 0.5) is 0 Å². The highest BCUT2D eigenvalue weighted by Crippen LogP contribution is 2.33. The summed E-state index contributed by atoms with van der Waals surface area (Å²) < 4.78 is 0. The second kappa shape index (κ2) is 7.26. The Hall–Kier alpha value is -2.08. The van der Waals surface area contributed by atoms with Gasteiger partial charge in [-0.25, -0.2) is 0 Å². The Kier molecular flexibility index (Phi) is 5.38. The molecule has 0 bridgehead atoms. The lowest BCUT2D eigenvalue weighted by molar-refractivity contribution is 0.796. The monoisotopic (exact) mass is 290 g/mol. The smallest absolute Gasteiger partial charge is 0.0144 e. The lowest BCUT2D eigenvalue weighted by atomic mass is 9.85. The van der Waals surface area contributed by atoms with Crippen molar-refractivity contribution in [1.82, 2.24) is 0 Å². The molecule has 0 spiro atoms. The van der Waals surface area contributed by atoms with E-state index >= 15 is 0 Å². The van der Waals surface area contributed by atoms with Crippen molar-refractivity contribution in [1.29, 1.82) is 0 Å². The summed E-state index contributed by atoms with van der Waals surface area (Å²) in [5.74, 6) is 0.497. The fourth-order valence-electron chi connectivity index (χ4n) is 2.84. The number of rotatable bonds is 3. The zero-order valence-corrected chi connectivity index (χ0v) is 14.4. The molecule has 0 aromatic heterocycles. The maximum absolute atomic E-state index is 2.31. The van der Waals surface area contributed by atoms with Crippen LogP contribution in [0.3, 0.4) is 0 Å². The standard InChI is InChI=1S/C22H26/c1-6-9-19-12-13-21(18(5)15-19)22-14-17(4)10-7-8-11-20(22)16(2)3/h6-16H,1-5H3/b8-7?,9-6+,10-7?,11-8?,17-10?,17-14?,20-11?,22-14?,22-20?. The predicted molar refractivity (Wildman–Crippen MR) is 99.7 cm³/mol. The lowest BCUT2D eigenvalue weighted by Crippen LogP contribution is -2.01. The van der Waals surface area contributed by atoms with Crippen molar-refractivity contribution in [2.24, 2.45) is 5.92 Å². The molecule has 2 rings (SSSR count). The van der Waals surface area contributed by atoms with Crippen LogP contribution < -0.4 is 0 Å². The third-order valence-electron chi connectivity index (χ3n) is 3.95. The summed E-state index contributed by atoms with van der Waals surface area (Å²) in [5, 5.41) is 0. The van der Waals surface area contributed by atoms with Gasteiger partial charge >= 0.3 is 0 Å². The topological polar surface area (TPSA) is 0 Å². The number of hydrogen-bond acceptors (Lipinski definition) is 0. The average molecular weight is 290 g/mol. The zero-order valence-electron chi connectivity index (χ0n) is 14.4. The van der Waals surface area contributed by atoms with E-state index in [2.05, 4.69) is 95.3 Å². The summed E-state index contributed by atoms with van der Waals surface area (Å²) in [6, 6.07) is 6.72. The SMILES string of the molecule is C/C=C/c1ccc(C2=CC(C)=CC=CC=C2C(C)C)c(C)c1. The Morgan fingerprint density at radius 3 is 2.36 bits per heavy atom. The van der Waals surface area contributed by atoms with Crippen molar-refractivity contribution in [3.63, 3.8) is 0 Å². The molecule has 0 unspecified atom stereocenters. The number of allylic oxidation sites excluding steroid dienone is 9. The van der Waals surface area contributed by atoms with Gasteiger partial charge in [-0.15, -0.1) is 0 Å². The third-order valence-corrected chi connectivity index (χ3v) is 3.95. The van der Waals surface area contributed by atoms with Crippen molar-refractivity contribution in [3.05, 3.63) is 82.5 Å². The summed E-state index contributed by atoms with van der Waals surface area (Å²) in [4.78, 5) is 0. The van der Waals surface area contributed by atoms with E-state index in [1.807, 2.05) is 0 Å². The van der Waals surface area contributed by atoms with Gasteiger partial charge in [0.25, 0.3) is 0 Å². The molecule has 0 nitrogen and oxygen atoms in total. The highest BCUT2D eigenvalue weighted by atomic mass is 14.2. The number of benzene rings is 1. The molecule has 1 aliphatic carbocycles. The minimum atomic E-state index is 0.497. The van der Waals surface area contributed by atoms with E-state index in [1.54, 1.807) is 0 Å². The Morgan fingerprint density at radius 1 is 1.00 bits per heavy atom. The molecule has 114 valence electrons. The normalized spacial score (nSPS) is 15.5. The first-order chi connectivity index (χ1) is 10.5. The van der Waals surface area contributed by atoms with Gasteiger partial charge < -0.3 is 0 Å². The van der Waals surface area contributed by atoms with E-state index < -0.39 is 0 Å². The molecule has 1 aromatic rings. The van der Waals surface area contributed by atoms with Gasteiger partial charge in [0.15, 0.2) is 0 Å². The Labute approximate surface area is 135 Å². The molecule has 0 fully saturated rings. The Morgan fingerprint density at radius 2 is 1.73 bits per heavy atom. The second-order valence-electron chi connectivity index (χ2n) is 6.20. The van der Waals surface area contributed by atoms with Crippen molar-refractivity contribution in [2.45, 2.75) is 34.6 Å². The molecule has 0 saturated carbocycles. The maximum Gasteiger partial charge on any atom is -0.0144 e. The molecule has 0 saturated heterocycles. The number of aryl methyl sites for hydroxylation is 1. The second-order valence-corrected chi connectivity index (χ2v) is 6.20. The van der Waals surface area contributed by atoms with Gasteiger partial charge in [-0.2, -0.15) is 0 Å². The minimum Gasteiger partial charge on any atom is -0.0871 e. The van der Waals surface area contributed by atoms with Crippen LogP contribution in [-0.4, -0.2) is 0 Å². The zero-order chi connectivity index (χ0) is 16.1. The maximum atomic E-state index is 2.31. The fraction of sp³-hybridized carbons (Fsp3) is 0.273. The molecule has 1 aliphatic rings. The molecule has 0 amide bonds. The van der Waals surface area contributed by atoms with Crippen molar-refractivity contribution in [3.8, 4) is 0 Å². The van der Waals surface area contributed by atoms with Crippen molar-refractivity contribution in [2.75, 3.05) is 0 Å². The summed E-state index contributed by atoms with van der Waals surface area (Å²) in [5.41, 5.74) is 7.94. The van der Waals surface area contributed by atoms with Crippen LogP contribution in [0.15, 0.2) is 65.8 Å². The highest BCUT2D eigenvalue weighted by molar-refractivity contribution is 5.83. The highest BCUT2D eigenvalue weighted by Gasteiger charge is 2.14. The van der Waals surface area contributed by atoms with E-state index in [9.17, 15) is 0 Å². The quantitative estimate of drug-likeness (QED) is 0.595. The first kappa shape index (κ1) is 16.3. The van der Waals surface area contributed by atoms with Crippen molar-refractivity contribution >= 4 is 11.6 Å². The molecule has 0 aliphatic heterocycles.